The number of aliphatic hydroxyl groups is 1. The average molecular weight is 257 g/mol. The van der Waals surface area contributed by atoms with Gasteiger partial charge in [0.05, 0.1) is 26.4 Å². The quantitative estimate of drug-likeness (QED) is 0.628. The van der Waals surface area contributed by atoms with Gasteiger partial charge in [-0.2, -0.15) is 0 Å². The van der Waals surface area contributed by atoms with Crippen molar-refractivity contribution >= 4 is 5.91 Å². The molecule has 6 heteroatoms. The van der Waals surface area contributed by atoms with Gasteiger partial charge in [0.1, 0.15) is 0 Å². The summed E-state index contributed by atoms with van der Waals surface area (Å²) in [6, 6.07) is 0.569. The summed E-state index contributed by atoms with van der Waals surface area (Å²) >= 11 is 0. The highest BCUT2D eigenvalue weighted by molar-refractivity contribution is 5.78. The summed E-state index contributed by atoms with van der Waals surface area (Å²) in [7, 11) is 0. The predicted octanol–water partition coefficient (Wildman–Crippen LogP) is -1.50. The van der Waals surface area contributed by atoms with Crippen LogP contribution in [0.2, 0.25) is 0 Å². The van der Waals surface area contributed by atoms with Crippen LogP contribution in [0.1, 0.15) is 6.42 Å². The molecule has 18 heavy (non-hydrogen) atoms. The molecule has 104 valence electrons. The van der Waals surface area contributed by atoms with Gasteiger partial charge in [0.2, 0.25) is 5.91 Å². The SMILES string of the molecule is O=C(CN1CCC(N2CCOCC2)C1)NCCO. The minimum atomic E-state index is 0.00213. The molecule has 2 heterocycles. The molecule has 2 fully saturated rings. The number of aliphatic hydroxyl groups excluding tert-OH is 1. The summed E-state index contributed by atoms with van der Waals surface area (Å²) in [4.78, 5) is 16.2. The van der Waals surface area contributed by atoms with Gasteiger partial charge in [-0.3, -0.25) is 14.6 Å². The Bertz CT molecular complexity index is 269. The standard InChI is InChI=1S/C12H23N3O3/c16-6-2-13-12(17)10-14-3-1-11(9-14)15-4-7-18-8-5-15/h11,16H,1-10H2,(H,13,17). The van der Waals surface area contributed by atoms with Crippen LogP contribution in [0.25, 0.3) is 0 Å². The second kappa shape index (κ2) is 7.04. The molecule has 2 N–H and O–H groups in total. The predicted molar refractivity (Wildman–Crippen MR) is 67.3 cm³/mol. The highest BCUT2D eigenvalue weighted by Gasteiger charge is 2.29. The monoisotopic (exact) mass is 257 g/mol. The molecule has 0 saturated carbocycles. The molecule has 0 aromatic rings. The van der Waals surface area contributed by atoms with Crippen LogP contribution >= 0.6 is 0 Å². The summed E-state index contributed by atoms with van der Waals surface area (Å²) in [5.74, 6) is 0.00618. The average Bonchev–Trinajstić information content (AvgIpc) is 2.86. The molecule has 2 aliphatic heterocycles. The van der Waals surface area contributed by atoms with Crippen LogP contribution in [0.3, 0.4) is 0 Å². The molecule has 0 aromatic carbocycles. The molecule has 0 aliphatic carbocycles. The zero-order chi connectivity index (χ0) is 12.8. The van der Waals surface area contributed by atoms with E-state index >= 15 is 0 Å². The van der Waals surface area contributed by atoms with Gasteiger partial charge in [0, 0.05) is 38.8 Å². The van der Waals surface area contributed by atoms with Gasteiger partial charge in [-0.25, -0.2) is 0 Å². The first-order valence-corrected chi connectivity index (χ1v) is 6.71. The Morgan fingerprint density at radius 2 is 2.11 bits per heavy atom. The third-order valence-corrected chi connectivity index (χ3v) is 3.61. The lowest BCUT2D eigenvalue weighted by Gasteiger charge is -2.32. The molecule has 2 saturated heterocycles. The molecule has 2 rings (SSSR count). The number of morpholine rings is 1. The van der Waals surface area contributed by atoms with Crippen LogP contribution in [-0.2, 0) is 9.53 Å². The zero-order valence-corrected chi connectivity index (χ0v) is 10.8. The Balaban J connectivity index is 1.69. The van der Waals surface area contributed by atoms with Gasteiger partial charge in [-0.1, -0.05) is 0 Å². The first-order valence-electron chi connectivity index (χ1n) is 6.71. The van der Waals surface area contributed by atoms with Gasteiger partial charge in [0.25, 0.3) is 0 Å². The second-order valence-electron chi connectivity index (χ2n) is 4.90. The minimum absolute atomic E-state index is 0.00213. The Hall–Kier alpha value is -0.690. The molecule has 6 nitrogen and oxygen atoms in total. The number of amides is 1. The van der Waals surface area contributed by atoms with E-state index in [2.05, 4.69) is 15.1 Å². The topological polar surface area (TPSA) is 65.0 Å². The molecular weight excluding hydrogens is 234 g/mol. The lowest BCUT2D eigenvalue weighted by Crippen LogP contribution is -2.45. The number of rotatable bonds is 5. The normalized spacial score (nSPS) is 26.4. The molecule has 0 radical (unpaired) electrons. The van der Waals surface area contributed by atoms with Gasteiger partial charge in [-0.05, 0) is 6.42 Å². The number of nitrogens with zero attached hydrogens (tertiary/aromatic N) is 2. The van der Waals surface area contributed by atoms with Crippen LogP contribution in [0, 0.1) is 0 Å². The number of likely N-dealkylation sites (tertiary alicyclic amines) is 1. The Labute approximate surface area is 108 Å². The summed E-state index contributed by atoms with van der Waals surface area (Å²) in [5.41, 5.74) is 0. The first-order chi connectivity index (χ1) is 8.79. The molecule has 1 atom stereocenters. The Morgan fingerprint density at radius 1 is 1.33 bits per heavy atom. The molecule has 0 aromatic heterocycles. The molecule has 2 aliphatic rings. The summed E-state index contributed by atoms with van der Waals surface area (Å²) in [5, 5.41) is 11.3. The van der Waals surface area contributed by atoms with E-state index in [1.165, 1.54) is 0 Å². The fourth-order valence-corrected chi connectivity index (χ4v) is 2.65. The third-order valence-electron chi connectivity index (χ3n) is 3.61. The van der Waals surface area contributed by atoms with E-state index in [0.717, 1.165) is 45.8 Å². The molecule has 1 amide bonds. The third kappa shape index (κ3) is 3.91. The summed E-state index contributed by atoms with van der Waals surface area (Å²) in [6.07, 6.45) is 1.13. The van der Waals surface area contributed by atoms with Crippen molar-refractivity contribution in [1.29, 1.82) is 0 Å². The van der Waals surface area contributed by atoms with Crippen molar-refractivity contribution in [3.8, 4) is 0 Å². The van der Waals surface area contributed by atoms with Crippen molar-refractivity contribution in [1.82, 2.24) is 15.1 Å². The number of hydrogen-bond donors (Lipinski definition) is 2. The molecular formula is C12H23N3O3. The van der Waals surface area contributed by atoms with Crippen molar-refractivity contribution in [2.24, 2.45) is 0 Å². The van der Waals surface area contributed by atoms with E-state index < -0.39 is 0 Å². The fraction of sp³-hybridized carbons (Fsp3) is 0.917. The van der Waals surface area contributed by atoms with Gasteiger partial charge < -0.3 is 15.2 Å². The number of hydrogen-bond acceptors (Lipinski definition) is 5. The van der Waals surface area contributed by atoms with Gasteiger partial charge >= 0.3 is 0 Å². The Kier molecular flexibility index (Phi) is 5.37. The van der Waals surface area contributed by atoms with Gasteiger partial charge in [-0.15, -0.1) is 0 Å². The van der Waals surface area contributed by atoms with Crippen LogP contribution in [0.4, 0.5) is 0 Å². The largest absolute Gasteiger partial charge is 0.395 e. The van der Waals surface area contributed by atoms with Crippen molar-refractivity contribution in [3.63, 3.8) is 0 Å². The van der Waals surface area contributed by atoms with Gasteiger partial charge in [0.15, 0.2) is 0 Å². The van der Waals surface area contributed by atoms with E-state index in [1.807, 2.05) is 0 Å². The second-order valence-corrected chi connectivity index (χ2v) is 4.90. The smallest absolute Gasteiger partial charge is 0.234 e. The number of carbonyl (C=O) groups is 1. The van der Waals surface area contributed by atoms with Crippen LogP contribution < -0.4 is 5.32 Å². The highest BCUT2D eigenvalue weighted by Crippen LogP contribution is 2.16. The van der Waals surface area contributed by atoms with Crippen molar-refractivity contribution in [2.75, 3.05) is 59.1 Å². The highest BCUT2D eigenvalue weighted by atomic mass is 16.5. The maximum atomic E-state index is 11.5. The maximum Gasteiger partial charge on any atom is 0.234 e. The van der Waals surface area contributed by atoms with Crippen LogP contribution in [0.15, 0.2) is 0 Å². The molecule has 0 bridgehead atoms. The van der Waals surface area contributed by atoms with Crippen molar-refractivity contribution in [2.45, 2.75) is 12.5 Å². The number of carbonyl (C=O) groups excluding carboxylic acids is 1. The summed E-state index contributed by atoms with van der Waals surface area (Å²) in [6.45, 7) is 6.41. The van der Waals surface area contributed by atoms with Crippen LogP contribution in [0.5, 0.6) is 0 Å². The molecule has 0 spiro atoms. The summed E-state index contributed by atoms with van der Waals surface area (Å²) < 4.78 is 5.35. The maximum absolute atomic E-state index is 11.5. The van der Waals surface area contributed by atoms with Crippen molar-refractivity contribution in [3.05, 3.63) is 0 Å². The Morgan fingerprint density at radius 3 is 2.83 bits per heavy atom. The van der Waals surface area contributed by atoms with E-state index in [4.69, 9.17) is 9.84 Å². The lowest BCUT2D eigenvalue weighted by atomic mass is 10.2. The fourth-order valence-electron chi connectivity index (χ4n) is 2.65. The first kappa shape index (κ1) is 13.7. The van der Waals surface area contributed by atoms with E-state index in [-0.39, 0.29) is 12.5 Å². The lowest BCUT2D eigenvalue weighted by molar-refractivity contribution is -0.122. The van der Waals surface area contributed by atoms with E-state index in [9.17, 15) is 4.79 Å². The van der Waals surface area contributed by atoms with Crippen LogP contribution in [-0.4, -0.2) is 85.9 Å². The van der Waals surface area contributed by atoms with E-state index in [0.29, 0.717) is 19.1 Å². The van der Waals surface area contributed by atoms with E-state index in [1.54, 1.807) is 0 Å². The zero-order valence-electron chi connectivity index (χ0n) is 10.8. The minimum Gasteiger partial charge on any atom is -0.395 e. The number of ether oxygens (including phenoxy) is 1. The van der Waals surface area contributed by atoms with Crippen molar-refractivity contribution < 1.29 is 14.6 Å². The molecule has 1 unspecified atom stereocenters. The number of nitrogens with one attached hydrogen (secondary N) is 1.